The summed E-state index contributed by atoms with van der Waals surface area (Å²) in [5.74, 6) is 0.639. The van der Waals surface area contributed by atoms with E-state index in [0.717, 1.165) is 36.8 Å². The van der Waals surface area contributed by atoms with E-state index in [4.69, 9.17) is 5.11 Å². The smallest absolute Gasteiger partial charge is 0.332 e. The normalized spacial score (nSPS) is 14.8. The van der Waals surface area contributed by atoms with Crippen molar-refractivity contribution in [1.29, 1.82) is 0 Å². The van der Waals surface area contributed by atoms with Crippen molar-refractivity contribution >= 4 is 5.82 Å². The van der Waals surface area contributed by atoms with E-state index in [0.29, 0.717) is 24.6 Å². The fourth-order valence-electron chi connectivity index (χ4n) is 2.71. The van der Waals surface area contributed by atoms with Gasteiger partial charge in [0, 0.05) is 33.8 Å². The molecule has 21 heavy (non-hydrogen) atoms. The molecular formula is C14H24N4O3. The van der Waals surface area contributed by atoms with Gasteiger partial charge in [0.25, 0.3) is 5.56 Å². The van der Waals surface area contributed by atoms with Gasteiger partial charge in [-0.05, 0) is 12.8 Å². The molecule has 2 N–H and O–H groups in total. The minimum Gasteiger partial charge on any atom is -0.396 e. The first-order valence-corrected chi connectivity index (χ1v) is 7.42. The second kappa shape index (κ2) is 6.91. The average molecular weight is 296 g/mol. The zero-order valence-corrected chi connectivity index (χ0v) is 12.8. The molecule has 0 radical (unpaired) electrons. The Morgan fingerprint density at radius 1 is 1.10 bits per heavy atom. The highest BCUT2D eigenvalue weighted by Gasteiger charge is 2.22. The lowest BCUT2D eigenvalue weighted by Crippen LogP contribution is -2.46. The third-order valence-corrected chi connectivity index (χ3v) is 3.99. The van der Waals surface area contributed by atoms with Crippen LogP contribution in [0.4, 0.5) is 5.82 Å². The average Bonchev–Trinajstić information content (AvgIpc) is 2.50. The molecule has 7 heteroatoms. The highest BCUT2D eigenvalue weighted by molar-refractivity contribution is 5.45. The van der Waals surface area contributed by atoms with E-state index in [1.807, 2.05) is 0 Å². The lowest BCUT2D eigenvalue weighted by atomic mass is 10.1. The van der Waals surface area contributed by atoms with Crippen molar-refractivity contribution in [3.8, 4) is 0 Å². The molecule has 2 rings (SSSR count). The van der Waals surface area contributed by atoms with E-state index >= 15 is 0 Å². The largest absolute Gasteiger partial charge is 0.396 e. The van der Waals surface area contributed by atoms with Crippen molar-refractivity contribution in [2.45, 2.75) is 32.2 Å². The van der Waals surface area contributed by atoms with E-state index in [-0.39, 0.29) is 17.9 Å². The van der Waals surface area contributed by atoms with Crippen molar-refractivity contribution in [2.75, 3.05) is 25.1 Å². The molecule has 0 unspecified atom stereocenters. The molecule has 1 aromatic heterocycles. The summed E-state index contributed by atoms with van der Waals surface area (Å²) in [6.07, 6.45) is 4.01. The summed E-state index contributed by atoms with van der Waals surface area (Å²) < 4.78 is 2.65. The monoisotopic (exact) mass is 296 g/mol. The molecule has 118 valence electrons. The number of anilines is 1. The number of hydrogen-bond donors (Lipinski definition) is 2. The van der Waals surface area contributed by atoms with Gasteiger partial charge in [0.05, 0.1) is 12.2 Å². The second-order valence-electron chi connectivity index (χ2n) is 5.56. The van der Waals surface area contributed by atoms with Crippen LogP contribution in [-0.4, -0.2) is 39.0 Å². The Morgan fingerprint density at radius 2 is 1.81 bits per heavy atom. The first-order chi connectivity index (χ1) is 10.1. The number of aliphatic hydroxyl groups excluding tert-OH is 1. The van der Waals surface area contributed by atoms with Crippen LogP contribution in [0.3, 0.4) is 0 Å². The van der Waals surface area contributed by atoms with Crippen molar-refractivity contribution < 1.29 is 5.11 Å². The first-order valence-electron chi connectivity index (χ1n) is 7.42. The Morgan fingerprint density at radius 3 is 2.52 bits per heavy atom. The van der Waals surface area contributed by atoms with Crippen LogP contribution in [0.5, 0.6) is 0 Å². The SMILES string of the molecule is Cn1c2c(c(=O)n(C)c1=O)CN(CCCCCCO)CN2. The van der Waals surface area contributed by atoms with Crippen LogP contribution in [0.25, 0.3) is 0 Å². The second-order valence-corrected chi connectivity index (χ2v) is 5.56. The Hall–Kier alpha value is -1.60. The van der Waals surface area contributed by atoms with Crippen LogP contribution in [0.15, 0.2) is 9.59 Å². The Kier molecular flexibility index (Phi) is 5.19. The van der Waals surface area contributed by atoms with Crippen molar-refractivity contribution in [3.63, 3.8) is 0 Å². The molecule has 0 atom stereocenters. The standard InChI is InChI=1S/C14H24N4O3/c1-16-12-11(13(20)17(2)14(16)21)9-18(10-15-12)7-5-3-4-6-8-19/h15,19H,3-10H2,1-2H3. The van der Waals surface area contributed by atoms with Gasteiger partial charge in [0.2, 0.25) is 0 Å². The molecule has 1 aliphatic rings. The van der Waals surface area contributed by atoms with Gasteiger partial charge >= 0.3 is 5.69 Å². The first kappa shape index (κ1) is 15.8. The number of hydrogen-bond acceptors (Lipinski definition) is 5. The minimum atomic E-state index is -0.302. The van der Waals surface area contributed by atoms with Crippen molar-refractivity contribution in [3.05, 3.63) is 26.4 Å². The maximum Gasteiger partial charge on any atom is 0.332 e. The molecular weight excluding hydrogens is 272 g/mol. The number of nitrogens with zero attached hydrogens (tertiary/aromatic N) is 3. The van der Waals surface area contributed by atoms with Gasteiger partial charge in [-0.1, -0.05) is 12.8 Å². The van der Waals surface area contributed by atoms with Crippen molar-refractivity contribution in [1.82, 2.24) is 14.0 Å². The molecule has 1 aliphatic heterocycles. The van der Waals surface area contributed by atoms with Crippen LogP contribution in [0.1, 0.15) is 31.2 Å². The van der Waals surface area contributed by atoms with Gasteiger partial charge in [-0.3, -0.25) is 18.8 Å². The fraction of sp³-hybridized carbons (Fsp3) is 0.714. The highest BCUT2D eigenvalue weighted by atomic mass is 16.3. The lowest BCUT2D eigenvalue weighted by molar-refractivity contribution is 0.256. The Balaban J connectivity index is 2.04. The van der Waals surface area contributed by atoms with E-state index in [1.54, 1.807) is 7.05 Å². The number of fused-ring (bicyclic) bond motifs is 1. The summed E-state index contributed by atoms with van der Waals surface area (Å²) in [6.45, 7) is 2.38. The molecule has 1 aromatic rings. The van der Waals surface area contributed by atoms with E-state index in [1.165, 1.54) is 11.6 Å². The number of aromatic nitrogens is 2. The molecule has 7 nitrogen and oxygen atoms in total. The molecule has 2 heterocycles. The summed E-state index contributed by atoms with van der Waals surface area (Å²) in [5, 5.41) is 11.9. The molecule has 0 saturated heterocycles. The maximum atomic E-state index is 12.2. The molecule has 0 spiro atoms. The molecule has 0 aliphatic carbocycles. The fourth-order valence-corrected chi connectivity index (χ4v) is 2.71. The number of aliphatic hydroxyl groups is 1. The Bertz CT molecular complexity index is 605. The summed E-state index contributed by atoms with van der Waals surface area (Å²) >= 11 is 0. The minimum absolute atomic E-state index is 0.217. The summed E-state index contributed by atoms with van der Waals surface area (Å²) in [4.78, 5) is 26.2. The van der Waals surface area contributed by atoms with Crippen LogP contribution in [-0.2, 0) is 20.6 Å². The lowest BCUT2D eigenvalue weighted by Gasteiger charge is -2.30. The van der Waals surface area contributed by atoms with Gasteiger partial charge < -0.3 is 10.4 Å². The maximum absolute atomic E-state index is 12.2. The molecule has 0 amide bonds. The van der Waals surface area contributed by atoms with Gasteiger partial charge in [-0.25, -0.2) is 4.79 Å². The van der Waals surface area contributed by atoms with E-state index in [2.05, 4.69) is 10.2 Å². The molecule has 0 saturated carbocycles. The highest BCUT2D eigenvalue weighted by Crippen LogP contribution is 2.17. The summed E-state index contributed by atoms with van der Waals surface area (Å²) in [7, 11) is 3.19. The van der Waals surface area contributed by atoms with E-state index < -0.39 is 0 Å². The zero-order chi connectivity index (χ0) is 15.4. The predicted molar refractivity (Wildman–Crippen MR) is 81.4 cm³/mol. The van der Waals surface area contributed by atoms with E-state index in [9.17, 15) is 9.59 Å². The Labute approximate surface area is 123 Å². The summed E-state index contributed by atoms with van der Waals surface area (Å²) in [6, 6.07) is 0. The molecule has 0 aromatic carbocycles. The molecule has 0 fully saturated rings. The van der Waals surface area contributed by atoms with Crippen LogP contribution < -0.4 is 16.6 Å². The van der Waals surface area contributed by atoms with Gasteiger partial charge in [-0.2, -0.15) is 0 Å². The number of nitrogens with one attached hydrogen (secondary N) is 1. The predicted octanol–water partition coefficient (Wildman–Crippen LogP) is -0.178. The van der Waals surface area contributed by atoms with Crippen LogP contribution in [0, 0.1) is 0 Å². The summed E-state index contributed by atoms with van der Waals surface area (Å²) in [5.41, 5.74) is 0.135. The van der Waals surface area contributed by atoms with Gasteiger partial charge in [-0.15, -0.1) is 0 Å². The number of rotatable bonds is 6. The van der Waals surface area contributed by atoms with Crippen molar-refractivity contribution in [2.24, 2.45) is 14.1 Å². The molecule has 0 bridgehead atoms. The zero-order valence-electron chi connectivity index (χ0n) is 12.8. The number of unbranched alkanes of at least 4 members (excludes halogenated alkanes) is 3. The third-order valence-electron chi connectivity index (χ3n) is 3.99. The quantitative estimate of drug-likeness (QED) is 0.712. The topological polar surface area (TPSA) is 79.5 Å². The van der Waals surface area contributed by atoms with Crippen LogP contribution >= 0.6 is 0 Å². The van der Waals surface area contributed by atoms with Gasteiger partial charge in [0.1, 0.15) is 5.82 Å². The van der Waals surface area contributed by atoms with Gasteiger partial charge in [0.15, 0.2) is 0 Å². The third kappa shape index (κ3) is 3.36. The van der Waals surface area contributed by atoms with Crippen LogP contribution in [0.2, 0.25) is 0 Å².